The molecule has 0 fully saturated rings. The number of nitrogens with zero attached hydrogens (tertiary/aromatic N) is 1. The molecule has 3 aromatic rings. The molecule has 0 saturated heterocycles. The highest BCUT2D eigenvalue weighted by molar-refractivity contribution is 6.24. The second-order valence-electron chi connectivity index (χ2n) is 6.85. The second-order valence-corrected chi connectivity index (χ2v) is 6.85. The van der Waals surface area contributed by atoms with Gasteiger partial charge in [-0.15, -0.1) is 0 Å². The van der Waals surface area contributed by atoms with Gasteiger partial charge in [0.1, 0.15) is 0 Å². The molecule has 0 aliphatic heterocycles. The minimum atomic E-state index is 0.0453. The van der Waals surface area contributed by atoms with Gasteiger partial charge in [-0.3, -0.25) is 4.79 Å². The smallest absolute Gasteiger partial charge is 0.255 e. The van der Waals surface area contributed by atoms with Crippen molar-refractivity contribution in [3.63, 3.8) is 0 Å². The Morgan fingerprint density at radius 1 is 0.815 bits per heavy atom. The summed E-state index contributed by atoms with van der Waals surface area (Å²) < 4.78 is 0. The number of hydrogen-bond acceptors (Lipinski definition) is 1. The van der Waals surface area contributed by atoms with E-state index in [1.165, 1.54) is 0 Å². The molecule has 27 heavy (non-hydrogen) atoms. The average Bonchev–Trinajstić information content (AvgIpc) is 2.72. The Balaban J connectivity index is 1.99. The second kappa shape index (κ2) is 9.00. The number of rotatable bonds is 6. The van der Waals surface area contributed by atoms with E-state index in [1.54, 1.807) is 0 Å². The normalized spacial score (nSPS) is 11.4. The van der Waals surface area contributed by atoms with Gasteiger partial charge in [0.2, 0.25) is 0 Å². The summed E-state index contributed by atoms with van der Waals surface area (Å²) in [4.78, 5) is 15.5. The van der Waals surface area contributed by atoms with Crippen molar-refractivity contribution in [1.82, 2.24) is 4.90 Å². The third-order valence-corrected chi connectivity index (χ3v) is 4.51. The van der Waals surface area contributed by atoms with Crippen LogP contribution in [0.2, 0.25) is 0 Å². The first-order valence-corrected chi connectivity index (χ1v) is 9.32. The molecule has 0 bridgehead atoms. The van der Waals surface area contributed by atoms with E-state index >= 15 is 0 Å². The summed E-state index contributed by atoms with van der Waals surface area (Å²) in [6.45, 7) is 4.72. The van der Waals surface area contributed by atoms with Gasteiger partial charge in [0.15, 0.2) is 0 Å². The van der Waals surface area contributed by atoms with Crippen molar-refractivity contribution in [2.24, 2.45) is 0 Å². The summed E-state index contributed by atoms with van der Waals surface area (Å²) >= 11 is 0. The zero-order valence-electron chi connectivity index (χ0n) is 15.9. The van der Waals surface area contributed by atoms with Crippen molar-refractivity contribution < 1.29 is 4.79 Å². The van der Waals surface area contributed by atoms with Crippen LogP contribution in [0.4, 0.5) is 0 Å². The van der Waals surface area contributed by atoms with Crippen molar-refractivity contribution in [3.05, 3.63) is 108 Å². The Hall–Kier alpha value is -3.13. The molecule has 0 radical (unpaired) electrons. The van der Waals surface area contributed by atoms with Crippen LogP contribution in [-0.2, 0) is 11.3 Å². The first-order chi connectivity index (χ1) is 13.1. The number of carbonyl (C=O) groups is 1. The van der Waals surface area contributed by atoms with E-state index in [4.69, 9.17) is 0 Å². The van der Waals surface area contributed by atoms with Gasteiger partial charge in [-0.25, -0.2) is 0 Å². The molecule has 0 unspecified atom stereocenters. The van der Waals surface area contributed by atoms with Gasteiger partial charge in [-0.1, -0.05) is 91.0 Å². The maximum atomic E-state index is 13.6. The topological polar surface area (TPSA) is 20.3 Å². The number of benzene rings is 3. The lowest BCUT2D eigenvalue weighted by atomic mass is 10.0. The molecule has 0 aliphatic carbocycles. The Kier molecular flexibility index (Phi) is 6.22. The lowest BCUT2D eigenvalue weighted by Crippen LogP contribution is -2.36. The molecular weight excluding hydrogens is 330 g/mol. The molecule has 0 aromatic heterocycles. The van der Waals surface area contributed by atoms with Crippen molar-refractivity contribution in [1.29, 1.82) is 0 Å². The summed E-state index contributed by atoms with van der Waals surface area (Å²) in [5.41, 5.74) is 3.80. The van der Waals surface area contributed by atoms with Crippen LogP contribution in [0.3, 0.4) is 0 Å². The highest BCUT2D eigenvalue weighted by atomic mass is 16.2. The number of amides is 1. The van der Waals surface area contributed by atoms with E-state index in [-0.39, 0.29) is 11.9 Å². The van der Waals surface area contributed by atoms with Gasteiger partial charge in [0, 0.05) is 18.2 Å². The van der Waals surface area contributed by atoms with Crippen molar-refractivity contribution in [2.75, 3.05) is 0 Å². The molecule has 3 rings (SSSR count). The van der Waals surface area contributed by atoms with E-state index in [9.17, 15) is 4.79 Å². The van der Waals surface area contributed by atoms with Crippen LogP contribution in [0.5, 0.6) is 0 Å². The van der Waals surface area contributed by atoms with E-state index in [0.29, 0.717) is 12.1 Å². The number of hydrogen-bond donors (Lipinski definition) is 0. The van der Waals surface area contributed by atoms with Crippen molar-refractivity contribution in [3.8, 4) is 0 Å². The molecule has 0 saturated carbocycles. The highest BCUT2D eigenvalue weighted by Gasteiger charge is 2.22. The Bertz CT molecular complexity index is 883. The fraction of sp³-hybridized carbons (Fsp3) is 0.160. The predicted molar refractivity (Wildman–Crippen MR) is 113 cm³/mol. The largest absolute Gasteiger partial charge is 0.332 e. The predicted octanol–water partition coefficient (Wildman–Crippen LogP) is 5.66. The fourth-order valence-corrected chi connectivity index (χ4v) is 3.03. The molecule has 0 heterocycles. The van der Waals surface area contributed by atoms with Crippen LogP contribution in [-0.4, -0.2) is 16.8 Å². The van der Waals surface area contributed by atoms with Crippen LogP contribution in [0.1, 0.15) is 30.5 Å². The summed E-state index contributed by atoms with van der Waals surface area (Å²) in [7, 11) is 0. The minimum absolute atomic E-state index is 0.0453. The SMILES string of the molecule is CC(C)N(Cc1ccccc1)C(=O)C(=Cc1ccccc1)c1ccccc1. The van der Waals surface area contributed by atoms with Gasteiger partial charge >= 0.3 is 0 Å². The monoisotopic (exact) mass is 355 g/mol. The maximum Gasteiger partial charge on any atom is 0.255 e. The van der Waals surface area contributed by atoms with Crippen LogP contribution < -0.4 is 0 Å². The molecule has 0 N–H and O–H groups in total. The fourth-order valence-electron chi connectivity index (χ4n) is 3.03. The van der Waals surface area contributed by atoms with E-state index in [2.05, 4.69) is 26.0 Å². The molecule has 3 aromatic carbocycles. The van der Waals surface area contributed by atoms with Crippen LogP contribution in [0, 0.1) is 0 Å². The molecule has 2 heteroatoms. The first-order valence-electron chi connectivity index (χ1n) is 9.32. The van der Waals surface area contributed by atoms with Crippen LogP contribution >= 0.6 is 0 Å². The Morgan fingerprint density at radius 3 is 1.89 bits per heavy atom. The van der Waals surface area contributed by atoms with Gasteiger partial charge in [-0.05, 0) is 36.6 Å². The van der Waals surface area contributed by atoms with E-state index in [0.717, 1.165) is 16.7 Å². The zero-order valence-corrected chi connectivity index (χ0v) is 15.9. The maximum absolute atomic E-state index is 13.6. The Labute approximate surface area is 161 Å². The van der Waals surface area contributed by atoms with Gasteiger partial charge in [-0.2, -0.15) is 0 Å². The molecule has 2 nitrogen and oxygen atoms in total. The zero-order chi connectivity index (χ0) is 19.1. The summed E-state index contributed by atoms with van der Waals surface area (Å²) in [6, 6.07) is 30.1. The van der Waals surface area contributed by atoms with Gasteiger partial charge < -0.3 is 4.90 Å². The quantitative estimate of drug-likeness (QED) is 0.412. The molecule has 0 atom stereocenters. The first kappa shape index (κ1) is 18.7. The third kappa shape index (κ3) is 4.95. The van der Waals surface area contributed by atoms with Gasteiger partial charge in [0.25, 0.3) is 5.91 Å². The molecular formula is C25H25NO. The molecule has 0 aliphatic rings. The van der Waals surface area contributed by atoms with Crippen molar-refractivity contribution >= 4 is 17.6 Å². The summed E-state index contributed by atoms with van der Waals surface area (Å²) in [6.07, 6.45) is 1.98. The lowest BCUT2D eigenvalue weighted by Gasteiger charge is -2.28. The summed E-state index contributed by atoms with van der Waals surface area (Å²) in [5, 5.41) is 0. The van der Waals surface area contributed by atoms with Crippen LogP contribution in [0.15, 0.2) is 91.0 Å². The average molecular weight is 355 g/mol. The van der Waals surface area contributed by atoms with E-state index in [1.807, 2.05) is 89.8 Å². The highest BCUT2D eigenvalue weighted by Crippen LogP contribution is 2.23. The minimum Gasteiger partial charge on any atom is -0.332 e. The molecule has 1 amide bonds. The summed E-state index contributed by atoms with van der Waals surface area (Å²) in [5.74, 6) is 0.0453. The van der Waals surface area contributed by atoms with Gasteiger partial charge in [0.05, 0.1) is 0 Å². The van der Waals surface area contributed by atoms with E-state index < -0.39 is 0 Å². The Morgan fingerprint density at radius 2 is 1.33 bits per heavy atom. The third-order valence-electron chi connectivity index (χ3n) is 4.51. The van der Waals surface area contributed by atoms with Crippen LogP contribution in [0.25, 0.3) is 11.6 Å². The molecule has 136 valence electrons. The number of carbonyl (C=O) groups excluding carboxylic acids is 1. The standard InChI is InChI=1S/C25H25NO/c1-20(2)26(19-22-14-8-4-9-15-22)25(27)24(23-16-10-5-11-17-23)18-21-12-6-3-7-13-21/h3-18,20H,19H2,1-2H3. The van der Waals surface area contributed by atoms with Crippen molar-refractivity contribution in [2.45, 2.75) is 26.4 Å². The molecule has 0 spiro atoms. The lowest BCUT2D eigenvalue weighted by molar-refractivity contribution is -0.127.